The van der Waals surface area contributed by atoms with Crippen molar-refractivity contribution in [1.82, 2.24) is 4.90 Å². The fraction of sp³-hybridized carbons (Fsp3) is 0.524. The van der Waals surface area contributed by atoms with E-state index in [1.54, 1.807) is 11.3 Å². The van der Waals surface area contributed by atoms with Crippen LogP contribution in [0, 0.1) is 0 Å². The highest BCUT2D eigenvalue weighted by Crippen LogP contribution is 2.50. The molecule has 2 aliphatic heterocycles. The lowest BCUT2D eigenvalue weighted by Crippen LogP contribution is -2.50. The van der Waals surface area contributed by atoms with E-state index in [0.29, 0.717) is 23.6 Å². The Hall–Kier alpha value is -1.15. The number of rotatable bonds is 5. The van der Waals surface area contributed by atoms with Crippen molar-refractivity contribution in [1.29, 1.82) is 0 Å². The van der Waals surface area contributed by atoms with Crippen LogP contribution in [0.5, 0.6) is 5.75 Å². The summed E-state index contributed by atoms with van der Waals surface area (Å²) >= 11 is 7.80. The molecule has 2 aromatic rings. The van der Waals surface area contributed by atoms with Crippen molar-refractivity contribution in [2.24, 2.45) is 0 Å². The predicted octanol–water partition coefficient (Wildman–Crippen LogP) is 3.72. The third-order valence-corrected chi connectivity index (χ3v) is 7.18. The minimum absolute atomic E-state index is 0.0128. The molecule has 1 fully saturated rings. The van der Waals surface area contributed by atoms with E-state index in [4.69, 9.17) is 26.2 Å². The zero-order chi connectivity index (χ0) is 19.7. The van der Waals surface area contributed by atoms with Crippen molar-refractivity contribution in [3.8, 4) is 5.75 Å². The largest absolute Gasteiger partial charge is 0.491 e. The van der Waals surface area contributed by atoms with E-state index < -0.39 is 6.10 Å². The Morgan fingerprint density at radius 1 is 1.39 bits per heavy atom. The first kappa shape index (κ1) is 20.1. The summed E-state index contributed by atoms with van der Waals surface area (Å²) in [6.45, 7) is 4.63. The van der Waals surface area contributed by atoms with Crippen molar-refractivity contribution in [3.63, 3.8) is 0 Å². The van der Waals surface area contributed by atoms with E-state index in [-0.39, 0.29) is 12.2 Å². The Morgan fingerprint density at radius 2 is 2.25 bits per heavy atom. The van der Waals surface area contributed by atoms with Crippen molar-refractivity contribution >= 4 is 22.9 Å². The fourth-order valence-corrected chi connectivity index (χ4v) is 5.80. The van der Waals surface area contributed by atoms with Gasteiger partial charge in [-0.1, -0.05) is 23.7 Å². The van der Waals surface area contributed by atoms with Gasteiger partial charge in [0.1, 0.15) is 24.1 Å². The third kappa shape index (κ3) is 3.95. The zero-order valence-corrected chi connectivity index (χ0v) is 17.5. The van der Waals surface area contributed by atoms with Gasteiger partial charge in [-0.15, -0.1) is 11.3 Å². The third-order valence-electron chi connectivity index (χ3n) is 5.72. The van der Waals surface area contributed by atoms with Gasteiger partial charge in [0.25, 0.3) is 0 Å². The fourth-order valence-electron chi connectivity index (χ4n) is 4.33. The molecule has 0 saturated carbocycles. The average Bonchev–Trinajstić information content (AvgIpc) is 3.09. The summed E-state index contributed by atoms with van der Waals surface area (Å²) in [5.41, 5.74) is 1.79. The molecule has 0 bridgehead atoms. The van der Waals surface area contributed by atoms with Gasteiger partial charge in [-0.25, -0.2) is 0 Å². The van der Waals surface area contributed by atoms with Crippen LogP contribution in [0.1, 0.15) is 41.9 Å². The van der Waals surface area contributed by atoms with Crippen LogP contribution < -0.4 is 4.74 Å². The van der Waals surface area contributed by atoms with E-state index >= 15 is 0 Å². The van der Waals surface area contributed by atoms with Crippen LogP contribution >= 0.6 is 22.9 Å². The average molecular weight is 424 g/mol. The molecule has 4 rings (SSSR count). The number of thiophene rings is 1. The highest BCUT2D eigenvalue weighted by molar-refractivity contribution is 7.16. The molecule has 2 aliphatic rings. The summed E-state index contributed by atoms with van der Waals surface area (Å²) in [5.74, 6) is 0.787. The summed E-state index contributed by atoms with van der Waals surface area (Å²) in [4.78, 5) is 3.56. The van der Waals surface area contributed by atoms with Gasteiger partial charge >= 0.3 is 0 Å². The first-order chi connectivity index (χ1) is 13.5. The van der Waals surface area contributed by atoms with E-state index in [2.05, 4.69) is 17.9 Å². The first-order valence-corrected chi connectivity index (χ1v) is 10.9. The van der Waals surface area contributed by atoms with E-state index in [9.17, 15) is 5.11 Å². The molecule has 1 spiro atoms. The maximum atomic E-state index is 10.3. The lowest BCUT2D eigenvalue weighted by atomic mass is 9.81. The molecular formula is C21H26ClNO4S. The Balaban J connectivity index is 1.47. The molecule has 1 saturated heterocycles. The lowest BCUT2D eigenvalue weighted by molar-refractivity contribution is -0.139. The molecule has 0 unspecified atom stereocenters. The number of benzene rings is 1. The minimum atomic E-state index is -0.584. The summed E-state index contributed by atoms with van der Waals surface area (Å²) in [6, 6.07) is 10.3. The molecule has 152 valence electrons. The zero-order valence-electron chi connectivity index (χ0n) is 15.9. The van der Waals surface area contributed by atoms with Crippen molar-refractivity contribution in [2.45, 2.75) is 44.1 Å². The number of nitrogens with zero attached hydrogens (tertiary/aromatic N) is 1. The number of halogens is 1. The molecule has 1 aromatic heterocycles. The molecule has 5 nitrogen and oxygen atoms in total. The van der Waals surface area contributed by atoms with Crippen LogP contribution in [0.25, 0.3) is 0 Å². The topological polar surface area (TPSA) is 62.2 Å². The summed E-state index contributed by atoms with van der Waals surface area (Å²) in [7, 11) is 0. The number of piperidine rings is 1. The first-order valence-electron chi connectivity index (χ1n) is 9.69. The Morgan fingerprint density at radius 3 is 3.04 bits per heavy atom. The van der Waals surface area contributed by atoms with Crippen molar-refractivity contribution in [3.05, 3.63) is 50.7 Å². The maximum Gasteiger partial charge on any atom is 0.119 e. The molecule has 0 amide bonds. The van der Waals surface area contributed by atoms with E-state index in [1.807, 2.05) is 24.3 Å². The van der Waals surface area contributed by atoms with Crippen molar-refractivity contribution in [2.75, 3.05) is 26.4 Å². The monoisotopic (exact) mass is 423 g/mol. The number of aliphatic hydroxyl groups is 2. The molecular weight excluding hydrogens is 398 g/mol. The summed E-state index contributed by atoms with van der Waals surface area (Å²) in [6.07, 6.45) is 1.18. The number of fused-ring (bicyclic) bond motifs is 2. The van der Waals surface area contributed by atoms with Gasteiger partial charge in [-0.3, -0.25) is 4.90 Å². The number of likely N-dealkylation sites (tertiary alicyclic amines) is 1. The lowest BCUT2D eigenvalue weighted by Gasteiger charge is -2.47. The van der Waals surface area contributed by atoms with Crippen LogP contribution in [0.15, 0.2) is 30.3 Å². The van der Waals surface area contributed by atoms with Gasteiger partial charge < -0.3 is 19.7 Å². The summed E-state index contributed by atoms with van der Waals surface area (Å²) < 4.78 is 12.5. The highest BCUT2D eigenvalue weighted by atomic mass is 35.5. The molecule has 3 heterocycles. The second-order valence-corrected chi connectivity index (χ2v) is 9.33. The van der Waals surface area contributed by atoms with Crippen LogP contribution in [0.2, 0.25) is 4.34 Å². The Bertz CT molecular complexity index is 828. The second kappa shape index (κ2) is 8.30. The van der Waals surface area contributed by atoms with E-state index in [0.717, 1.165) is 42.1 Å². The van der Waals surface area contributed by atoms with Gasteiger partial charge in [-0.05, 0) is 43.5 Å². The van der Waals surface area contributed by atoms with Crippen LogP contribution in [-0.4, -0.2) is 47.5 Å². The van der Waals surface area contributed by atoms with Crippen LogP contribution in [0.3, 0.4) is 0 Å². The number of ether oxygens (including phenoxy) is 2. The minimum Gasteiger partial charge on any atom is -0.491 e. The smallest absolute Gasteiger partial charge is 0.119 e. The SMILES string of the molecule is C[C@H]1C[C@@]2(CCN1Cc1cccc(OCCO)c1)OC[C@H](O)c1cc(Cl)sc12. The van der Waals surface area contributed by atoms with E-state index in [1.165, 1.54) is 5.56 Å². The molecule has 3 atom stereocenters. The Kier molecular flexibility index (Phi) is 5.97. The van der Waals surface area contributed by atoms with Gasteiger partial charge in [0.15, 0.2) is 0 Å². The standard InChI is InChI=1S/C21H26ClNO4S/c1-14-11-21(20-17(10-19(22)28-20)18(25)13-27-21)5-6-23(14)12-15-3-2-4-16(9-15)26-8-7-24/h2-4,9-10,14,18,24-25H,5-8,11-13H2,1H3/t14-,18-,21+/m0/s1. The van der Waals surface area contributed by atoms with Crippen molar-refractivity contribution < 1.29 is 19.7 Å². The normalized spacial score (nSPS) is 27.7. The number of hydrogen-bond acceptors (Lipinski definition) is 6. The molecule has 28 heavy (non-hydrogen) atoms. The quantitative estimate of drug-likeness (QED) is 0.767. The second-order valence-electron chi connectivity index (χ2n) is 7.65. The number of hydrogen-bond donors (Lipinski definition) is 2. The summed E-state index contributed by atoms with van der Waals surface area (Å²) in [5, 5.41) is 19.2. The molecule has 7 heteroatoms. The van der Waals surface area contributed by atoms with Crippen LogP contribution in [-0.2, 0) is 16.9 Å². The molecule has 0 aliphatic carbocycles. The maximum absolute atomic E-state index is 10.3. The van der Waals surface area contributed by atoms with Gasteiger partial charge in [0.2, 0.25) is 0 Å². The Labute approximate surface area is 174 Å². The van der Waals surface area contributed by atoms with Gasteiger partial charge in [0.05, 0.1) is 17.6 Å². The van der Waals surface area contributed by atoms with Crippen LogP contribution in [0.4, 0.5) is 0 Å². The van der Waals surface area contributed by atoms with Gasteiger partial charge in [-0.2, -0.15) is 0 Å². The predicted molar refractivity (Wildman–Crippen MR) is 110 cm³/mol. The van der Waals surface area contributed by atoms with Gasteiger partial charge in [0, 0.05) is 29.6 Å². The number of aliphatic hydroxyl groups excluding tert-OH is 2. The molecule has 1 aromatic carbocycles. The highest BCUT2D eigenvalue weighted by Gasteiger charge is 2.46. The molecule has 0 radical (unpaired) electrons. The molecule has 2 N–H and O–H groups in total.